The molecule has 2 heteroatoms. The van der Waals surface area contributed by atoms with E-state index in [1.807, 2.05) is 0 Å². The molecule has 0 saturated carbocycles. The highest BCUT2D eigenvalue weighted by atomic mass is 16.3. The normalized spacial score (nSPS) is 38.2. The van der Waals surface area contributed by atoms with E-state index in [1.165, 1.54) is 6.42 Å². The van der Waals surface area contributed by atoms with Crippen LogP contribution < -0.4 is 5.32 Å². The summed E-state index contributed by atoms with van der Waals surface area (Å²) in [5, 5.41) is 11.9. The summed E-state index contributed by atoms with van der Waals surface area (Å²) in [7, 11) is 0. The predicted molar refractivity (Wildman–Crippen MR) is 32.7 cm³/mol. The fourth-order valence-electron chi connectivity index (χ4n) is 1.16. The van der Waals surface area contributed by atoms with Crippen molar-refractivity contribution in [3.05, 3.63) is 0 Å². The summed E-state index contributed by atoms with van der Waals surface area (Å²) in [6.07, 6.45) is 2.35. The van der Waals surface area contributed by atoms with Crippen LogP contribution in [0.2, 0.25) is 0 Å². The first-order valence-electron chi connectivity index (χ1n) is 3.20. The first-order valence-corrected chi connectivity index (χ1v) is 3.20. The highest BCUT2D eigenvalue weighted by Crippen LogP contribution is 2.09. The third-order valence-electron chi connectivity index (χ3n) is 1.69. The van der Waals surface area contributed by atoms with Gasteiger partial charge in [0.05, 0.1) is 6.61 Å². The lowest BCUT2D eigenvalue weighted by molar-refractivity contribution is 0.252. The van der Waals surface area contributed by atoms with Crippen molar-refractivity contribution in [2.75, 3.05) is 6.61 Å². The molecule has 0 bridgehead atoms. The van der Waals surface area contributed by atoms with Crippen LogP contribution in [0, 0.1) is 0 Å². The Hall–Kier alpha value is -0.0800. The number of rotatable bonds is 1. The van der Waals surface area contributed by atoms with Crippen LogP contribution in [0.1, 0.15) is 19.8 Å². The molecule has 1 heterocycles. The van der Waals surface area contributed by atoms with E-state index in [2.05, 4.69) is 12.2 Å². The molecule has 0 aliphatic carbocycles. The van der Waals surface area contributed by atoms with Crippen molar-refractivity contribution >= 4 is 0 Å². The molecule has 0 spiro atoms. The molecule has 2 atom stereocenters. The monoisotopic (exact) mass is 115 g/mol. The Labute approximate surface area is 49.9 Å². The zero-order chi connectivity index (χ0) is 5.98. The molecule has 0 amide bonds. The Morgan fingerprint density at radius 3 is 2.62 bits per heavy atom. The molecule has 0 aromatic rings. The highest BCUT2D eigenvalue weighted by Gasteiger charge is 2.18. The summed E-state index contributed by atoms with van der Waals surface area (Å²) >= 11 is 0. The van der Waals surface area contributed by atoms with E-state index in [4.69, 9.17) is 5.11 Å². The van der Waals surface area contributed by atoms with Crippen molar-refractivity contribution in [2.24, 2.45) is 0 Å². The average molecular weight is 115 g/mol. The van der Waals surface area contributed by atoms with E-state index in [1.54, 1.807) is 0 Å². The number of aliphatic hydroxyl groups excluding tert-OH is 1. The van der Waals surface area contributed by atoms with Gasteiger partial charge in [-0.2, -0.15) is 0 Å². The van der Waals surface area contributed by atoms with Gasteiger partial charge >= 0.3 is 0 Å². The summed E-state index contributed by atoms with van der Waals surface area (Å²) < 4.78 is 0. The van der Waals surface area contributed by atoms with Gasteiger partial charge in [0.25, 0.3) is 0 Å². The number of nitrogens with one attached hydrogen (secondary N) is 1. The molecule has 8 heavy (non-hydrogen) atoms. The van der Waals surface area contributed by atoms with E-state index in [0.29, 0.717) is 18.7 Å². The van der Waals surface area contributed by atoms with Crippen molar-refractivity contribution in [2.45, 2.75) is 31.8 Å². The fourth-order valence-corrected chi connectivity index (χ4v) is 1.16. The number of aliphatic hydroxyl groups is 1. The molecule has 2 N–H and O–H groups in total. The average Bonchev–Trinajstić information content (AvgIpc) is 2.14. The fraction of sp³-hybridized carbons (Fsp3) is 1.00. The Bertz CT molecular complexity index is 74.9. The van der Waals surface area contributed by atoms with E-state index in [0.717, 1.165) is 6.42 Å². The van der Waals surface area contributed by atoms with Gasteiger partial charge in [0, 0.05) is 12.1 Å². The predicted octanol–water partition coefficient (Wildman–Crippen LogP) is 0.119. The lowest BCUT2D eigenvalue weighted by atomic mass is 10.2. The van der Waals surface area contributed by atoms with Gasteiger partial charge in [-0.05, 0) is 19.8 Å². The van der Waals surface area contributed by atoms with Crippen LogP contribution in [0.25, 0.3) is 0 Å². The molecule has 1 aliphatic heterocycles. The number of hydrogen-bond acceptors (Lipinski definition) is 2. The molecule has 1 aliphatic rings. The summed E-state index contributed by atoms with van der Waals surface area (Å²) in [6.45, 7) is 2.44. The second-order valence-electron chi connectivity index (χ2n) is 2.52. The number of hydrogen-bond donors (Lipinski definition) is 2. The zero-order valence-corrected chi connectivity index (χ0v) is 5.22. The zero-order valence-electron chi connectivity index (χ0n) is 5.22. The molecule has 1 fully saturated rings. The van der Waals surface area contributed by atoms with Crippen LogP contribution in [-0.4, -0.2) is 23.8 Å². The van der Waals surface area contributed by atoms with Gasteiger partial charge in [-0.25, -0.2) is 0 Å². The molecule has 0 aromatic carbocycles. The molecule has 2 nitrogen and oxygen atoms in total. The maximum absolute atomic E-state index is 8.62. The van der Waals surface area contributed by atoms with Gasteiger partial charge in [-0.15, -0.1) is 0 Å². The molecule has 1 saturated heterocycles. The first-order chi connectivity index (χ1) is 3.83. The van der Waals surface area contributed by atoms with E-state index in [9.17, 15) is 0 Å². The molecule has 1 rings (SSSR count). The van der Waals surface area contributed by atoms with Crippen LogP contribution in [0.5, 0.6) is 0 Å². The van der Waals surface area contributed by atoms with Gasteiger partial charge < -0.3 is 10.4 Å². The summed E-state index contributed by atoms with van der Waals surface area (Å²) in [4.78, 5) is 0. The lowest BCUT2D eigenvalue weighted by Gasteiger charge is -2.05. The quantitative estimate of drug-likeness (QED) is 0.508. The third-order valence-corrected chi connectivity index (χ3v) is 1.69. The van der Waals surface area contributed by atoms with Crippen LogP contribution in [0.3, 0.4) is 0 Å². The van der Waals surface area contributed by atoms with Crippen molar-refractivity contribution in [1.82, 2.24) is 5.32 Å². The molecule has 0 radical (unpaired) electrons. The van der Waals surface area contributed by atoms with Gasteiger partial charge in [0.15, 0.2) is 0 Å². The largest absolute Gasteiger partial charge is 0.395 e. The molecule has 0 unspecified atom stereocenters. The Balaban J connectivity index is 2.22. The van der Waals surface area contributed by atoms with Gasteiger partial charge in [0.1, 0.15) is 0 Å². The van der Waals surface area contributed by atoms with Crippen molar-refractivity contribution in [3.8, 4) is 0 Å². The minimum Gasteiger partial charge on any atom is -0.395 e. The van der Waals surface area contributed by atoms with Crippen molar-refractivity contribution in [1.29, 1.82) is 0 Å². The Morgan fingerprint density at radius 2 is 2.38 bits per heavy atom. The molecular formula is C6H13NO. The van der Waals surface area contributed by atoms with Gasteiger partial charge in [0.2, 0.25) is 0 Å². The van der Waals surface area contributed by atoms with Crippen molar-refractivity contribution < 1.29 is 5.11 Å². The third kappa shape index (κ3) is 1.20. The minimum absolute atomic E-state index is 0.296. The first kappa shape index (κ1) is 6.05. The minimum atomic E-state index is 0.296. The van der Waals surface area contributed by atoms with Gasteiger partial charge in [-0.1, -0.05) is 0 Å². The Kier molecular flexibility index (Phi) is 1.86. The van der Waals surface area contributed by atoms with E-state index < -0.39 is 0 Å². The smallest absolute Gasteiger partial charge is 0.0584 e. The standard InChI is InChI=1S/C6H13NO/c1-5-2-3-6(4-8)7-5/h5-8H,2-4H2,1H3/t5-,6+/m1/s1. The highest BCUT2D eigenvalue weighted by molar-refractivity contribution is 4.79. The lowest BCUT2D eigenvalue weighted by Crippen LogP contribution is -2.29. The van der Waals surface area contributed by atoms with Crippen LogP contribution >= 0.6 is 0 Å². The van der Waals surface area contributed by atoms with E-state index in [-0.39, 0.29) is 0 Å². The maximum atomic E-state index is 8.62. The molecule has 0 aromatic heterocycles. The molecule has 48 valence electrons. The summed E-state index contributed by atoms with van der Waals surface area (Å²) in [5.41, 5.74) is 0. The second-order valence-corrected chi connectivity index (χ2v) is 2.52. The van der Waals surface area contributed by atoms with Crippen LogP contribution in [0.4, 0.5) is 0 Å². The van der Waals surface area contributed by atoms with E-state index >= 15 is 0 Å². The van der Waals surface area contributed by atoms with Gasteiger partial charge in [-0.3, -0.25) is 0 Å². The Morgan fingerprint density at radius 1 is 1.62 bits per heavy atom. The maximum Gasteiger partial charge on any atom is 0.0584 e. The van der Waals surface area contributed by atoms with Crippen molar-refractivity contribution in [3.63, 3.8) is 0 Å². The molecular weight excluding hydrogens is 102 g/mol. The van der Waals surface area contributed by atoms with Crippen LogP contribution in [0.15, 0.2) is 0 Å². The second kappa shape index (κ2) is 2.46. The van der Waals surface area contributed by atoms with Crippen LogP contribution in [-0.2, 0) is 0 Å². The SMILES string of the molecule is C[C@@H]1CC[C@@H](CO)N1. The summed E-state index contributed by atoms with van der Waals surface area (Å²) in [6, 6.07) is 0.997. The topological polar surface area (TPSA) is 32.3 Å². The summed E-state index contributed by atoms with van der Waals surface area (Å²) in [5.74, 6) is 0.